The topological polar surface area (TPSA) is 84.6 Å². The van der Waals surface area contributed by atoms with Crippen LogP contribution in [0.3, 0.4) is 0 Å². The van der Waals surface area contributed by atoms with Crippen LogP contribution in [0.2, 0.25) is 0 Å². The molecule has 0 aliphatic heterocycles. The van der Waals surface area contributed by atoms with Crippen molar-refractivity contribution in [3.63, 3.8) is 0 Å². The van der Waals surface area contributed by atoms with E-state index in [9.17, 15) is 9.90 Å². The first-order valence-corrected chi connectivity index (χ1v) is 7.49. The normalized spacial score (nSPS) is 10.4. The lowest BCUT2D eigenvalue weighted by Gasteiger charge is -2.11. The summed E-state index contributed by atoms with van der Waals surface area (Å²) in [6, 6.07) is 7.36. The first-order valence-electron chi connectivity index (χ1n) is 6.61. The molecule has 0 bridgehead atoms. The van der Waals surface area contributed by atoms with Crippen molar-refractivity contribution in [2.75, 3.05) is 11.9 Å². The minimum absolute atomic E-state index is 0.0737. The molecular weight excluding hydrogens is 288 g/mol. The van der Waals surface area contributed by atoms with Gasteiger partial charge in [0, 0.05) is 28.1 Å². The number of carbonyl (C=O) groups is 1. The number of benzene rings is 1. The molecule has 0 aliphatic rings. The van der Waals surface area contributed by atoms with Crippen LogP contribution < -0.4 is 15.8 Å². The largest absolute Gasteiger partial charge is 0.494 e. The van der Waals surface area contributed by atoms with E-state index in [1.54, 1.807) is 11.4 Å². The van der Waals surface area contributed by atoms with E-state index in [0.717, 1.165) is 16.1 Å². The maximum absolute atomic E-state index is 11.0. The predicted octanol–water partition coefficient (Wildman–Crippen LogP) is 2.35. The number of aliphatic hydroxyl groups is 1. The number of hydrogen-bond acceptors (Lipinski definition) is 5. The molecule has 1 aromatic carbocycles. The molecule has 6 heteroatoms. The number of nitrogens with one attached hydrogen (secondary N) is 1. The second kappa shape index (κ2) is 7.10. The summed E-state index contributed by atoms with van der Waals surface area (Å²) in [4.78, 5) is 12.1. The molecule has 0 atom stereocenters. The Balaban J connectivity index is 2.03. The Labute approximate surface area is 127 Å². The number of aliphatic hydroxyl groups excluding tert-OH is 1. The van der Waals surface area contributed by atoms with Crippen LogP contribution in [-0.4, -0.2) is 17.6 Å². The lowest BCUT2D eigenvalue weighted by atomic mass is 10.2. The fourth-order valence-electron chi connectivity index (χ4n) is 1.90. The number of carbonyl (C=O) groups excluding carboxylic acids is 1. The highest BCUT2D eigenvalue weighted by molar-refractivity contribution is 7.10. The van der Waals surface area contributed by atoms with Gasteiger partial charge in [0.2, 0.25) is 5.91 Å². The molecule has 5 nitrogen and oxygen atoms in total. The number of anilines is 1. The molecule has 0 radical (unpaired) electrons. The molecule has 1 aromatic heterocycles. The van der Waals surface area contributed by atoms with E-state index in [1.165, 1.54) is 11.3 Å². The lowest BCUT2D eigenvalue weighted by molar-refractivity contribution is 0.100. The standard InChI is InChI=1S/C15H18N2O3S/c1-2-20-14-4-3-12(5-10(14)8-18)17-7-13-6-11(9-21-13)15(16)19/h3-6,9,17-18H,2,7-8H2,1H3,(H2,16,19). The molecule has 0 spiro atoms. The number of amides is 1. The fourth-order valence-corrected chi connectivity index (χ4v) is 2.71. The van der Waals surface area contributed by atoms with E-state index in [0.29, 0.717) is 24.5 Å². The van der Waals surface area contributed by atoms with Crippen molar-refractivity contribution >= 4 is 22.9 Å². The summed E-state index contributed by atoms with van der Waals surface area (Å²) < 4.78 is 5.44. The molecule has 0 aliphatic carbocycles. The number of hydrogen-bond donors (Lipinski definition) is 3. The van der Waals surface area contributed by atoms with Crippen LogP contribution in [0.15, 0.2) is 29.6 Å². The molecule has 1 heterocycles. The highest BCUT2D eigenvalue weighted by Gasteiger charge is 2.06. The number of rotatable bonds is 7. The molecule has 0 unspecified atom stereocenters. The fraction of sp³-hybridized carbons (Fsp3) is 0.267. The minimum Gasteiger partial charge on any atom is -0.494 e. The quantitative estimate of drug-likeness (QED) is 0.733. The van der Waals surface area contributed by atoms with Crippen molar-refractivity contribution in [1.82, 2.24) is 0 Å². The third-order valence-corrected chi connectivity index (χ3v) is 3.87. The summed E-state index contributed by atoms with van der Waals surface area (Å²) in [5, 5.41) is 14.4. The Morgan fingerprint density at radius 1 is 1.43 bits per heavy atom. The van der Waals surface area contributed by atoms with Gasteiger partial charge in [-0.05, 0) is 31.2 Å². The molecule has 4 N–H and O–H groups in total. The van der Waals surface area contributed by atoms with E-state index in [1.807, 2.05) is 25.1 Å². The summed E-state index contributed by atoms with van der Waals surface area (Å²) in [7, 11) is 0. The van der Waals surface area contributed by atoms with Crippen LogP contribution in [0.25, 0.3) is 0 Å². The van der Waals surface area contributed by atoms with Gasteiger partial charge in [-0.1, -0.05) is 0 Å². The van der Waals surface area contributed by atoms with Gasteiger partial charge in [0.15, 0.2) is 0 Å². The van der Waals surface area contributed by atoms with Crippen LogP contribution in [0.1, 0.15) is 27.7 Å². The van der Waals surface area contributed by atoms with E-state index in [4.69, 9.17) is 10.5 Å². The lowest BCUT2D eigenvalue weighted by Crippen LogP contribution is -2.09. The van der Waals surface area contributed by atoms with Gasteiger partial charge in [0.1, 0.15) is 5.75 Å². The Morgan fingerprint density at radius 2 is 2.24 bits per heavy atom. The minimum atomic E-state index is -0.416. The van der Waals surface area contributed by atoms with Crippen LogP contribution in [-0.2, 0) is 13.2 Å². The van der Waals surface area contributed by atoms with E-state index >= 15 is 0 Å². The van der Waals surface area contributed by atoms with Crippen LogP contribution in [0, 0.1) is 0 Å². The molecule has 0 saturated heterocycles. The van der Waals surface area contributed by atoms with Crippen molar-refractivity contribution in [2.24, 2.45) is 5.73 Å². The summed E-state index contributed by atoms with van der Waals surface area (Å²) in [5.41, 5.74) is 7.38. The maximum Gasteiger partial charge on any atom is 0.249 e. The molecule has 2 aromatic rings. The summed E-state index contributed by atoms with van der Waals surface area (Å²) in [6.45, 7) is 2.98. The summed E-state index contributed by atoms with van der Waals surface area (Å²) in [5.74, 6) is 0.277. The van der Waals surface area contributed by atoms with Crippen LogP contribution in [0.4, 0.5) is 5.69 Å². The van der Waals surface area contributed by atoms with Gasteiger partial charge in [-0.3, -0.25) is 4.79 Å². The highest BCUT2D eigenvalue weighted by atomic mass is 32.1. The molecule has 1 amide bonds. The molecule has 0 saturated carbocycles. The molecule has 112 valence electrons. The SMILES string of the molecule is CCOc1ccc(NCc2cc(C(N)=O)cs2)cc1CO. The number of primary amides is 1. The summed E-state index contributed by atoms with van der Waals surface area (Å²) >= 11 is 1.48. The van der Waals surface area contributed by atoms with Gasteiger partial charge in [0.05, 0.1) is 18.8 Å². The smallest absolute Gasteiger partial charge is 0.249 e. The van der Waals surface area contributed by atoms with Gasteiger partial charge in [-0.25, -0.2) is 0 Å². The Morgan fingerprint density at radius 3 is 2.86 bits per heavy atom. The van der Waals surface area contributed by atoms with Crippen molar-refractivity contribution in [3.8, 4) is 5.75 Å². The molecule has 0 fully saturated rings. The van der Waals surface area contributed by atoms with Crippen molar-refractivity contribution in [2.45, 2.75) is 20.1 Å². The number of ether oxygens (including phenoxy) is 1. The Kier molecular flexibility index (Phi) is 5.19. The van der Waals surface area contributed by atoms with Gasteiger partial charge in [-0.2, -0.15) is 0 Å². The van der Waals surface area contributed by atoms with E-state index in [-0.39, 0.29) is 6.61 Å². The Hall–Kier alpha value is -2.05. The second-order valence-corrected chi connectivity index (χ2v) is 5.43. The first kappa shape index (κ1) is 15.3. The maximum atomic E-state index is 11.0. The van der Waals surface area contributed by atoms with Gasteiger partial charge < -0.3 is 20.9 Å². The molecule has 21 heavy (non-hydrogen) atoms. The number of nitrogens with two attached hydrogens (primary N) is 1. The zero-order valence-corrected chi connectivity index (χ0v) is 12.6. The second-order valence-electron chi connectivity index (χ2n) is 4.43. The van der Waals surface area contributed by atoms with Crippen molar-refractivity contribution < 1.29 is 14.6 Å². The predicted molar refractivity (Wildman–Crippen MR) is 83.7 cm³/mol. The van der Waals surface area contributed by atoms with Gasteiger partial charge >= 0.3 is 0 Å². The van der Waals surface area contributed by atoms with Crippen molar-refractivity contribution in [3.05, 3.63) is 45.6 Å². The third kappa shape index (κ3) is 3.96. The van der Waals surface area contributed by atoms with E-state index < -0.39 is 5.91 Å². The molecule has 2 rings (SSSR count). The number of thiophene rings is 1. The van der Waals surface area contributed by atoms with E-state index in [2.05, 4.69) is 5.32 Å². The van der Waals surface area contributed by atoms with Gasteiger partial charge in [-0.15, -0.1) is 11.3 Å². The highest BCUT2D eigenvalue weighted by Crippen LogP contribution is 2.24. The van der Waals surface area contributed by atoms with Gasteiger partial charge in [0.25, 0.3) is 0 Å². The monoisotopic (exact) mass is 306 g/mol. The average Bonchev–Trinajstić information content (AvgIpc) is 2.95. The first-order chi connectivity index (χ1) is 10.1. The zero-order chi connectivity index (χ0) is 15.2. The Bertz CT molecular complexity index is 625. The third-order valence-electron chi connectivity index (χ3n) is 2.94. The van der Waals surface area contributed by atoms with Crippen LogP contribution in [0.5, 0.6) is 5.75 Å². The zero-order valence-electron chi connectivity index (χ0n) is 11.8. The molecular formula is C15H18N2O3S. The average molecular weight is 306 g/mol. The summed E-state index contributed by atoms with van der Waals surface area (Å²) in [6.07, 6.45) is 0. The van der Waals surface area contributed by atoms with Crippen LogP contribution >= 0.6 is 11.3 Å². The van der Waals surface area contributed by atoms with Crippen molar-refractivity contribution in [1.29, 1.82) is 0 Å².